The van der Waals surface area contributed by atoms with Crippen LogP contribution in [0.2, 0.25) is 0 Å². The molecule has 4 aromatic rings. The smallest absolute Gasteiger partial charge is 0.273 e. The minimum atomic E-state index is -0.273. The lowest BCUT2D eigenvalue weighted by molar-refractivity contribution is -0.116. The van der Waals surface area contributed by atoms with Crippen molar-refractivity contribution in [3.8, 4) is 11.3 Å². The minimum absolute atomic E-state index is 0.101. The van der Waals surface area contributed by atoms with Gasteiger partial charge in [-0.1, -0.05) is 48.9 Å². The molecule has 0 saturated carbocycles. The van der Waals surface area contributed by atoms with Gasteiger partial charge in [-0.15, -0.1) is 0 Å². The number of carbonyl (C=O) groups is 1. The van der Waals surface area contributed by atoms with Crippen molar-refractivity contribution >= 4 is 33.3 Å². The highest BCUT2D eigenvalue weighted by Gasteiger charge is 2.15. The molecule has 1 amide bonds. The van der Waals surface area contributed by atoms with Crippen LogP contribution in [0.4, 0.5) is 5.69 Å². The van der Waals surface area contributed by atoms with E-state index in [4.69, 9.17) is 0 Å². The largest absolute Gasteiger partial charge is 0.325 e. The Bertz CT molecular complexity index is 1240. The van der Waals surface area contributed by atoms with Gasteiger partial charge in [0, 0.05) is 11.3 Å². The second-order valence-electron chi connectivity index (χ2n) is 6.85. The van der Waals surface area contributed by atoms with Crippen molar-refractivity contribution in [1.82, 2.24) is 13.9 Å². The van der Waals surface area contributed by atoms with Gasteiger partial charge < -0.3 is 5.32 Å². The second-order valence-corrected chi connectivity index (χ2v) is 7.63. The van der Waals surface area contributed by atoms with Crippen LogP contribution in [0.25, 0.3) is 21.5 Å². The maximum Gasteiger partial charge on any atom is 0.273 e. The number of aryl methyl sites for hydroxylation is 2. The van der Waals surface area contributed by atoms with Crippen LogP contribution in [-0.2, 0) is 17.8 Å². The molecule has 0 aliphatic carbocycles. The minimum Gasteiger partial charge on any atom is -0.325 e. The molecular weight excluding hydrogens is 384 g/mol. The number of anilines is 1. The van der Waals surface area contributed by atoms with Crippen molar-refractivity contribution in [2.24, 2.45) is 0 Å². The number of nitrogens with zero attached hydrogens (tertiary/aromatic N) is 3. The molecule has 0 bridgehead atoms. The fourth-order valence-corrected chi connectivity index (χ4v) is 3.90. The molecule has 0 aliphatic heterocycles. The summed E-state index contributed by atoms with van der Waals surface area (Å²) < 4.78 is 6.19. The lowest BCUT2D eigenvalue weighted by atomic mass is 10.1. The van der Waals surface area contributed by atoms with Gasteiger partial charge >= 0.3 is 0 Å². The average molecular weight is 404 g/mol. The molecule has 7 heteroatoms. The number of hydrogen-bond donors (Lipinski definition) is 1. The van der Waals surface area contributed by atoms with Crippen LogP contribution in [0.5, 0.6) is 0 Å². The van der Waals surface area contributed by atoms with Gasteiger partial charge in [-0.05, 0) is 42.6 Å². The van der Waals surface area contributed by atoms with Gasteiger partial charge in [-0.3, -0.25) is 14.2 Å². The van der Waals surface area contributed by atoms with Gasteiger partial charge in [0.1, 0.15) is 22.5 Å². The van der Waals surface area contributed by atoms with Crippen molar-refractivity contribution in [2.45, 2.75) is 26.8 Å². The normalized spacial score (nSPS) is 11.0. The fourth-order valence-electron chi connectivity index (χ4n) is 3.09. The van der Waals surface area contributed by atoms with E-state index in [9.17, 15) is 9.59 Å². The first-order valence-electron chi connectivity index (χ1n) is 9.36. The van der Waals surface area contributed by atoms with E-state index in [0.29, 0.717) is 15.9 Å². The van der Waals surface area contributed by atoms with Gasteiger partial charge in [0.2, 0.25) is 5.91 Å². The van der Waals surface area contributed by atoms with Crippen LogP contribution in [0.3, 0.4) is 0 Å². The maximum absolute atomic E-state index is 12.8. The fraction of sp³-hybridized carbons (Fsp3) is 0.182. The Labute approximate surface area is 172 Å². The number of rotatable bonds is 5. The Hall–Kier alpha value is -3.32. The first-order chi connectivity index (χ1) is 14.0. The van der Waals surface area contributed by atoms with Crippen LogP contribution in [-0.4, -0.2) is 19.8 Å². The van der Waals surface area contributed by atoms with E-state index in [-0.39, 0.29) is 18.0 Å². The molecule has 0 radical (unpaired) electrons. The molecule has 0 spiro atoms. The van der Waals surface area contributed by atoms with Gasteiger partial charge in [0.05, 0.1) is 6.33 Å². The summed E-state index contributed by atoms with van der Waals surface area (Å²) in [4.78, 5) is 29.7. The number of aromatic nitrogens is 3. The number of hydrogen-bond acceptors (Lipinski definition) is 5. The van der Waals surface area contributed by atoms with E-state index < -0.39 is 0 Å². The predicted molar refractivity (Wildman–Crippen MR) is 116 cm³/mol. The zero-order chi connectivity index (χ0) is 20.4. The third-order valence-electron chi connectivity index (χ3n) is 4.71. The van der Waals surface area contributed by atoms with E-state index in [0.717, 1.165) is 40.3 Å². The Kier molecular flexibility index (Phi) is 5.22. The van der Waals surface area contributed by atoms with Crippen LogP contribution >= 0.6 is 11.5 Å². The summed E-state index contributed by atoms with van der Waals surface area (Å²) in [5.41, 5.74) is 4.92. The molecule has 2 aromatic carbocycles. The molecule has 0 atom stereocenters. The molecule has 1 N–H and O–H groups in total. The summed E-state index contributed by atoms with van der Waals surface area (Å²) in [7, 11) is 0. The summed E-state index contributed by atoms with van der Waals surface area (Å²) in [5, 5.41) is 2.84. The third kappa shape index (κ3) is 3.95. The maximum atomic E-state index is 12.8. The molecule has 0 saturated heterocycles. The molecule has 146 valence electrons. The zero-order valence-corrected chi connectivity index (χ0v) is 17.0. The first-order valence-corrected chi connectivity index (χ1v) is 10.1. The SMILES string of the molecule is CCc1cccc(NC(=O)Cn2cnc3c(-c4ccc(C)cc4)nsc3c2=O)c1. The van der Waals surface area contributed by atoms with E-state index in [1.165, 1.54) is 10.9 Å². The topological polar surface area (TPSA) is 76.9 Å². The van der Waals surface area contributed by atoms with E-state index in [1.807, 2.05) is 55.5 Å². The summed E-state index contributed by atoms with van der Waals surface area (Å²) in [6.07, 6.45) is 2.30. The molecule has 2 heterocycles. The molecular formula is C22H20N4O2S. The number of amides is 1. The van der Waals surface area contributed by atoms with Crippen molar-refractivity contribution in [3.05, 3.63) is 76.3 Å². The molecule has 0 aliphatic rings. The number of carbonyl (C=O) groups excluding carboxylic acids is 1. The monoisotopic (exact) mass is 404 g/mol. The van der Waals surface area contributed by atoms with Crippen molar-refractivity contribution in [3.63, 3.8) is 0 Å². The summed E-state index contributed by atoms with van der Waals surface area (Å²) in [5.74, 6) is -0.273. The molecule has 29 heavy (non-hydrogen) atoms. The Morgan fingerprint density at radius 2 is 1.97 bits per heavy atom. The van der Waals surface area contributed by atoms with Crippen LogP contribution < -0.4 is 10.9 Å². The highest BCUT2D eigenvalue weighted by molar-refractivity contribution is 7.13. The Morgan fingerprint density at radius 1 is 1.17 bits per heavy atom. The van der Waals surface area contributed by atoms with E-state index in [2.05, 4.69) is 21.6 Å². The number of fused-ring (bicyclic) bond motifs is 1. The standard InChI is InChI=1S/C22H20N4O2S/c1-3-15-5-4-6-17(11-15)24-18(27)12-26-13-23-20-19(25-29-21(20)22(26)28)16-9-7-14(2)8-10-16/h4-11,13H,3,12H2,1-2H3,(H,24,27). The van der Waals surface area contributed by atoms with Crippen molar-refractivity contribution in [2.75, 3.05) is 5.32 Å². The highest BCUT2D eigenvalue weighted by atomic mass is 32.1. The molecule has 6 nitrogen and oxygen atoms in total. The van der Waals surface area contributed by atoms with E-state index >= 15 is 0 Å². The van der Waals surface area contributed by atoms with Gasteiger partial charge in [0.15, 0.2) is 0 Å². The Balaban J connectivity index is 1.58. The highest BCUT2D eigenvalue weighted by Crippen LogP contribution is 2.27. The lowest BCUT2D eigenvalue weighted by Gasteiger charge is -2.08. The molecule has 0 fully saturated rings. The molecule has 2 aromatic heterocycles. The quantitative estimate of drug-likeness (QED) is 0.545. The van der Waals surface area contributed by atoms with Gasteiger partial charge in [-0.25, -0.2) is 4.98 Å². The van der Waals surface area contributed by atoms with Gasteiger partial charge in [-0.2, -0.15) is 4.37 Å². The van der Waals surface area contributed by atoms with Gasteiger partial charge in [0.25, 0.3) is 5.56 Å². The summed E-state index contributed by atoms with van der Waals surface area (Å²) in [6, 6.07) is 15.6. The van der Waals surface area contributed by atoms with Crippen LogP contribution in [0.1, 0.15) is 18.1 Å². The van der Waals surface area contributed by atoms with Crippen molar-refractivity contribution in [1.29, 1.82) is 0 Å². The lowest BCUT2D eigenvalue weighted by Crippen LogP contribution is -2.27. The molecule has 0 unspecified atom stereocenters. The van der Waals surface area contributed by atoms with Crippen LogP contribution in [0, 0.1) is 6.92 Å². The molecule has 4 rings (SSSR count). The van der Waals surface area contributed by atoms with Crippen molar-refractivity contribution < 1.29 is 4.79 Å². The first kappa shape index (κ1) is 19.0. The van der Waals surface area contributed by atoms with Crippen LogP contribution in [0.15, 0.2) is 59.7 Å². The third-order valence-corrected chi connectivity index (χ3v) is 5.53. The van der Waals surface area contributed by atoms with E-state index in [1.54, 1.807) is 0 Å². The number of nitrogens with one attached hydrogen (secondary N) is 1. The predicted octanol–water partition coefficient (Wildman–Crippen LogP) is 4.03. The average Bonchev–Trinajstić information content (AvgIpc) is 3.15. The second kappa shape index (κ2) is 7.97. The zero-order valence-electron chi connectivity index (χ0n) is 16.2. The number of benzene rings is 2. The summed E-state index contributed by atoms with van der Waals surface area (Å²) >= 11 is 1.11. The summed E-state index contributed by atoms with van der Waals surface area (Å²) in [6.45, 7) is 3.97. The Morgan fingerprint density at radius 3 is 2.72 bits per heavy atom.